The Morgan fingerprint density at radius 2 is 1.55 bits per heavy atom. The summed E-state index contributed by atoms with van der Waals surface area (Å²) in [6.45, 7) is 6.98. The SMILES string of the molecule is CC(=O)Nc1ncc(S(=O)(=O)N2CCN(c3cc(N4CCN(C)CC4)ncn3)CC2)s1. The normalized spacial score (nSPS) is 18.9. The van der Waals surface area contributed by atoms with Crippen molar-refractivity contribution in [3.63, 3.8) is 0 Å². The molecule has 2 aliphatic rings. The van der Waals surface area contributed by atoms with Crippen LogP contribution in [0.1, 0.15) is 6.92 Å². The first-order chi connectivity index (χ1) is 14.8. The Bertz CT molecular complexity index is 1030. The lowest BCUT2D eigenvalue weighted by atomic mass is 10.3. The van der Waals surface area contributed by atoms with Crippen LogP contribution in [0.5, 0.6) is 0 Å². The third-order valence-electron chi connectivity index (χ3n) is 5.39. The molecule has 0 bridgehead atoms. The second-order valence-corrected chi connectivity index (χ2v) is 10.8. The van der Waals surface area contributed by atoms with Crippen molar-refractivity contribution in [1.82, 2.24) is 24.2 Å². The number of hydrogen-bond acceptors (Lipinski definition) is 10. The van der Waals surface area contributed by atoms with Gasteiger partial charge in [0.05, 0.1) is 6.20 Å². The molecule has 0 spiro atoms. The van der Waals surface area contributed by atoms with Gasteiger partial charge < -0.3 is 20.0 Å². The maximum atomic E-state index is 12.9. The molecule has 0 unspecified atom stereocenters. The molecule has 2 aromatic rings. The molecule has 4 rings (SSSR count). The highest BCUT2D eigenvalue weighted by atomic mass is 32.2. The molecule has 2 aliphatic heterocycles. The van der Waals surface area contributed by atoms with Gasteiger partial charge in [0.1, 0.15) is 18.0 Å². The smallest absolute Gasteiger partial charge is 0.254 e. The van der Waals surface area contributed by atoms with Crippen LogP contribution >= 0.6 is 11.3 Å². The third kappa shape index (κ3) is 4.95. The lowest BCUT2D eigenvalue weighted by molar-refractivity contribution is -0.114. The van der Waals surface area contributed by atoms with E-state index < -0.39 is 10.0 Å². The first kappa shape index (κ1) is 21.9. The van der Waals surface area contributed by atoms with Gasteiger partial charge in [0.15, 0.2) is 9.34 Å². The van der Waals surface area contributed by atoms with E-state index in [-0.39, 0.29) is 15.2 Å². The van der Waals surface area contributed by atoms with Crippen molar-refractivity contribution in [3.8, 4) is 0 Å². The monoisotopic (exact) mass is 466 g/mol. The van der Waals surface area contributed by atoms with Crippen LogP contribution in [0.15, 0.2) is 22.8 Å². The number of sulfonamides is 1. The van der Waals surface area contributed by atoms with E-state index in [1.165, 1.54) is 17.4 Å². The van der Waals surface area contributed by atoms with Crippen LogP contribution in [0.3, 0.4) is 0 Å². The molecule has 1 N–H and O–H groups in total. The van der Waals surface area contributed by atoms with Crippen molar-refractivity contribution in [1.29, 1.82) is 0 Å². The molecular weight excluding hydrogens is 440 g/mol. The van der Waals surface area contributed by atoms with Gasteiger partial charge in [-0.3, -0.25) is 4.79 Å². The maximum Gasteiger partial charge on any atom is 0.254 e. The Balaban J connectivity index is 1.40. The number of thiazole rings is 1. The minimum atomic E-state index is -3.65. The van der Waals surface area contributed by atoms with Crippen LogP contribution in [-0.4, -0.2) is 97.9 Å². The fourth-order valence-corrected chi connectivity index (χ4v) is 6.25. The molecular formula is C18H26N8O3S2. The van der Waals surface area contributed by atoms with Gasteiger partial charge >= 0.3 is 0 Å². The molecule has 31 heavy (non-hydrogen) atoms. The molecule has 2 saturated heterocycles. The Morgan fingerprint density at radius 1 is 0.968 bits per heavy atom. The quantitative estimate of drug-likeness (QED) is 0.658. The number of rotatable bonds is 5. The second-order valence-electron chi connectivity index (χ2n) is 7.58. The Morgan fingerprint density at radius 3 is 2.13 bits per heavy atom. The van der Waals surface area contributed by atoms with Gasteiger partial charge in [-0.2, -0.15) is 4.31 Å². The molecule has 13 heteroatoms. The number of piperazine rings is 2. The zero-order valence-corrected chi connectivity index (χ0v) is 19.2. The van der Waals surface area contributed by atoms with Gasteiger partial charge in [0.2, 0.25) is 5.91 Å². The first-order valence-corrected chi connectivity index (χ1v) is 12.3. The van der Waals surface area contributed by atoms with Gasteiger partial charge in [-0.15, -0.1) is 0 Å². The standard InChI is InChI=1S/C18H26N8O3S2/c1-14(27)22-18-19-12-17(30-18)31(28,29)26-9-7-25(8-10-26)16-11-15(20-13-21-16)24-5-3-23(2)4-6-24/h11-13H,3-10H2,1-2H3,(H,19,22,27). The van der Waals surface area contributed by atoms with Crippen LogP contribution in [0.25, 0.3) is 0 Å². The fourth-order valence-electron chi connectivity index (χ4n) is 3.59. The van der Waals surface area contributed by atoms with E-state index in [1.54, 1.807) is 6.33 Å². The van der Waals surface area contributed by atoms with E-state index in [9.17, 15) is 13.2 Å². The molecule has 0 aromatic carbocycles. The first-order valence-electron chi connectivity index (χ1n) is 10.1. The third-order valence-corrected chi connectivity index (χ3v) is 8.64. The van der Waals surface area contributed by atoms with E-state index in [0.717, 1.165) is 49.2 Å². The van der Waals surface area contributed by atoms with E-state index in [1.807, 2.05) is 6.07 Å². The van der Waals surface area contributed by atoms with Gasteiger partial charge in [-0.05, 0) is 7.05 Å². The van der Waals surface area contributed by atoms with Gasteiger partial charge in [0.25, 0.3) is 10.0 Å². The summed E-state index contributed by atoms with van der Waals surface area (Å²) in [5.74, 6) is 1.43. The van der Waals surface area contributed by atoms with Crippen molar-refractivity contribution < 1.29 is 13.2 Å². The number of amides is 1. The van der Waals surface area contributed by atoms with E-state index >= 15 is 0 Å². The summed E-state index contributed by atoms with van der Waals surface area (Å²) in [7, 11) is -1.53. The predicted molar refractivity (Wildman–Crippen MR) is 119 cm³/mol. The highest BCUT2D eigenvalue weighted by molar-refractivity contribution is 7.91. The van der Waals surface area contributed by atoms with Gasteiger partial charge in [-0.25, -0.2) is 23.4 Å². The van der Waals surface area contributed by atoms with E-state index in [4.69, 9.17) is 0 Å². The molecule has 11 nitrogen and oxygen atoms in total. The minimum Gasteiger partial charge on any atom is -0.354 e. The molecule has 4 heterocycles. The fraction of sp³-hybridized carbons (Fsp3) is 0.556. The van der Waals surface area contributed by atoms with Crippen LogP contribution < -0.4 is 15.1 Å². The molecule has 0 atom stereocenters. The topological polar surface area (TPSA) is 115 Å². The van der Waals surface area contributed by atoms with Crippen LogP contribution in [0, 0.1) is 0 Å². The number of carbonyl (C=O) groups is 1. The Labute approximate surface area is 185 Å². The number of likely N-dealkylation sites (N-methyl/N-ethyl adjacent to an activating group) is 1. The van der Waals surface area contributed by atoms with E-state index in [0.29, 0.717) is 26.2 Å². The maximum absolute atomic E-state index is 12.9. The van der Waals surface area contributed by atoms with Crippen molar-refractivity contribution in [3.05, 3.63) is 18.6 Å². The lowest BCUT2D eigenvalue weighted by Crippen LogP contribution is -2.49. The van der Waals surface area contributed by atoms with Gasteiger partial charge in [0, 0.05) is 65.3 Å². The summed E-state index contributed by atoms with van der Waals surface area (Å²) in [6, 6.07) is 1.98. The molecule has 0 radical (unpaired) electrons. The average molecular weight is 467 g/mol. The number of carbonyl (C=O) groups excluding carboxylic acids is 1. The number of nitrogens with one attached hydrogen (secondary N) is 1. The molecule has 168 valence electrons. The van der Waals surface area contributed by atoms with Crippen molar-refractivity contribution in [2.75, 3.05) is 74.5 Å². The molecule has 1 amide bonds. The summed E-state index contributed by atoms with van der Waals surface area (Å²) >= 11 is 0.961. The Hall–Kier alpha value is -2.35. The second kappa shape index (κ2) is 9.02. The minimum absolute atomic E-state index is 0.129. The zero-order valence-electron chi connectivity index (χ0n) is 17.6. The number of anilines is 3. The highest BCUT2D eigenvalue weighted by Gasteiger charge is 2.31. The molecule has 2 aromatic heterocycles. The zero-order chi connectivity index (χ0) is 22.0. The van der Waals surface area contributed by atoms with Crippen molar-refractivity contribution in [2.24, 2.45) is 0 Å². The number of hydrogen-bond donors (Lipinski definition) is 1. The largest absolute Gasteiger partial charge is 0.354 e. The van der Waals surface area contributed by atoms with Gasteiger partial charge in [-0.1, -0.05) is 11.3 Å². The number of nitrogens with zero attached hydrogens (tertiary/aromatic N) is 7. The summed E-state index contributed by atoms with van der Waals surface area (Å²) in [5, 5.41) is 2.80. The summed E-state index contributed by atoms with van der Waals surface area (Å²) in [6.07, 6.45) is 2.87. The summed E-state index contributed by atoms with van der Waals surface area (Å²) in [5.41, 5.74) is 0. The van der Waals surface area contributed by atoms with Crippen molar-refractivity contribution in [2.45, 2.75) is 11.1 Å². The molecule has 0 saturated carbocycles. The summed E-state index contributed by atoms with van der Waals surface area (Å²) < 4.78 is 27.5. The lowest BCUT2D eigenvalue weighted by Gasteiger charge is -2.35. The molecule has 0 aliphatic carbocycles. The average Bonchev–Trinajstić information content (AvgIpc) is 3.23. The molecule has 2 fully saturated rings. The van der Waals surface area contributed by atoms with Crippen molar-refractivity contribution >= 4 is 44.0 Å². The number of aromatic nitrogens is 3. The predicted octanol–water partition coefficient (Wildman–Crippen LogP) is 0.154. The van der Waals surface area contributed by atoms with Crippen LogP contribution in [0.2, 0.25) is 0 Å². The summed E-state index contributed by atoms with van der Waals surface area (Å²) in [4.78, 5) is 30.6. The Kier molecular flexibility index (Phi) is 6.36. The van der Waals surface area contributed by atoms with E-state index in [2.05, 4.69) is 42.0 Å². The van der Waals surface area contributed by atoms with Crippen LogP contribution in [0.4, 0.5) is 16.8 Å². The van der Waals surface area contributed by atoms with Crippen LogP contribution in [-0.2, 0) is 14.8 Å². The highest BCUT2D eigenvalue weighted by Crippen LogP contribution is 2.27.